The molecule has 3 rings (SSSR count). The van der Waals surface area contributed by atoms with Crippen molar-refractivity contribution >= 4 is 21.6 Å². The lowest BCUT2D eigenvalue weighted by molar-refractivity contribution is 0.107. The molecular formula is C19H29N3O2S. The van der Waals surface area contributed by atoms with E-state index in [0.29, 0.717) is 13.2 Å². The molecule has 0 spiro atoms. The predicted molar refractivity (Wildman–Crippen MR) is 103 cm³/mol. The zero-order valence-electron chi connectivity index (χ0n) is 14.7. The van der Waals surface area contributed by atoms with Crippen LogP contribution in [0.15, 0.2) is 24.4 Å². The summed E-state index contributed by atoms with van der Waals surface area (Å²) in [5.74, 6) is 0.794. The van der Waals surface area contributed by atoms with Crippen LogP contribution in [0.1, 0.15) is 38.5 Å². The first-order valence-corrected chi connectivity index (χ1v) is 10.2. The average Bonchev–Trinajstić information content (AvgIpc) is 3.13. The molecule has 6 heteroatoms. The van der Waals surface area contributed by atoms with Crippen LogP contribution in [0.4, 0.5) is 0 Å². The van der Waals surface area contributed by atoms with Gasteiger partial charge >= 0.3 is 0 Å². The van der Waals surface area contributed by atoms with E-state index in [-0.39, 0.29) is 0 Å². The van der Waals surface area contributed by atoms with Gasteiger partial charge in [-0.25, -0.2) is 0 Å². The Balaban J connectivity index is 1.25. The van der Waals surface area contributed by atoms with Crippen LogP contribution in [0, 0.1) is 0 Å². The molecule has 1 aliphatic rings. The number of aliphatic hydroxyl groups excluding tert-OH is 1. The third kappa shape index (κ3) is 5.92. The number of aromatic nitrogens is 1. The molecule has 1 aromatic carbocycles. The van der Waals surface area contributed by atoms with Crippen LogP contribution in [-0.4, -0.2) is 47.9 Å². The highest BCUT2D eigenvalue weighted by molar-refractivity contribution is 7.13. The van der Waals surface area contributed by atoms with Crippen LogP contribution in [0.5, 0.6) is 5.75 Å². The standard InChI is InChI=1S/C19H29N3O2S/c23-16(12-20-10-5-11-21-15-6-2-1-3-7-15)14-24-18-8-4-9-19-17(18)13-22-25-19/h4,8-9,13,15-16,20-21,23H,1-3,5-7,10-12,14H2. The van der Waals surface area contributed by atoms with Gasteiger partial charge in [0.05, 0.1) is 16.3 Å². The van der Waals surface area contributed by atoms with Crippen LogP contribution in [-0.2, 0) is 0 Å². The van der Waals surface area contributed by atoms with E-state index >= 15 is 0 Å². The highest BCUT2D eigenvalue weighted by atomic mass is 32.1. The van der Waals surface area contributed by atoms with E-state index in [1.54, 1.807) is 0 Å². The number of aliphatic hydroxyl groups is 1. The minimum atomic E-state index is -0.506. The fraction of sp³-hybridized carbons (Fsp3) is 0.632. The first-order valence-electron chi connectivity index (χ1n) is 9.41. The Labute approximate surface area is 153 Å². The molecule has 1 unspecified atom stereocenters. The summed E-state index contributed by atoms with van der Waals surface area (Å²) in [4.78, 5) is 0. The Morgan fingerprint density at radius 2 is 2.12 bits per heavy atom. The second-order valence-electron chi connectivity index (χ2n) is 6.81. The maximum Gasteiger partial charge on any atom is 0.129 e. The summed E-state index contributed by atoms with van der Waals surface area (Å²) in [6.07, 6.45) is 9.20. The van der Waals surface area contributed by atoms with Crippen LogP contribution < -0.4 is 15.4 Å². The molecule has 1 atom stereocenters. The maximum atomic E-state index is 10.1. The lowest BCUT2D eigenvalue weighted by Crippen LogP contribution is -2.35. The Bertz CT molecular complexity index is 628. The molecule has 1 aromatic heterocycles. The van der Waals surface area contributed by atoms with Crippen molar-refractivity contribution < 1.29 is 9.84 Å². The van der Waals surface area contributed by atoms with Crippen molar-refractivity contribution in [3.63, 3.8) is 0 Å². The van der Waals surface area contributed by atoms with E-state index in [1.807, 2.05) is 24.4 Å². The first-order chi connectivity index (χ1) is 12.3. The lowest BCUT2D eigenvalue weighted by atomic mass is 9.95. The lowest BCUT2D eigenvalue weighted by Gasteiger charge is -2.22. The van der Waals surface area contributed by atoms with Crippen LogP contribution in [0.3, 0.4) is 0 Å². The van der Waals surface area contributed by atoms with Crippen LogP contribution in [0.2, 0.25) is 0 Å². The third-order valence-electron chi connectivity index (χ3n) is 4.74. The van der Waals surface area contributed by atoms with Gasteiger partial charge in [0.2, 0.25) is 0 Å². The maximum absolute atomic E-state index is 10.1. The summed E-state index contributed by atoms with van der Waals surface area (Å²) in [5, 5.41) is 18.0. The summed E-state index contributed by atoms with van der Waals surface area (Å²) in [7, 11) is 0. The Morgan fingerprint density at radius 1 is 1.24 bits per heavy atom. The van der Waals surface area contributed by atoms with Gasteiger partial charge in [0.15, 0.2) is 0 Å². The summed E-state index contributed by atoms with van der Waals surface area (Å²) >= 11 is 1.46. The smallest absolute Gasteiger partial charge is 0.129 e. The molecule has 1 saturated carbocycles. The van der Waals surface area contributed by atoms with Crippen molar-refractivity contribution in [2.75, 3.05) is 26.2 Å². The minimum absolute atomic E-state index is 0.294. The van der Waals surface area contributed by atoms with Gasteiger partial charge in [0.1, 0.15) is 18.5 Å². The molecule has 0 bridgehead atoms. The predicted octanol–water partition coefficient (Wildman–Crippen LogP) is 2.94. The van der Waals surface area contributed by atoms with Gasteiger partial charge in [-0.15, -0.1) is 0 Å². The molecule has 25 heavy (non-hydrogen) atoms. The van der Waals surface area contributed by atoms with Crippen molar-refractivity contribution in [2.24, 2.45) is 0 Å². The topological polar surface area (TPSA) is 66.4 Å². The van der Waals surface area contributed by atoms with E-state index in [9.17, 15) is 5.11 Å². The number of nitrogens with zero attached hydrogens (tertiary/aromatic N) is 1. The van der Waals surface area contributed by atoms with E-state index in [1.165, 1.54) is 43.6 Å². The van der Waals surface area contributed by atoms with Crippen molar-refractivity contribution in [3.05, 3.63) is 24.4 Å². The number of nitrogens with one attached hydrogen (secondary N) is 2. The molecule has 1 aliphatic carbocycles. The van der Waals surface area contributed by atoms with Crippen molar-refractivity contribution in [1.29, 1.82) is 0 Å². The molecule has 5 nitrogen and oxygen atoms in total. The van der Waals surface area contributed by atoms with Gasteiger partial charge in [-0.05, 0) is 56.0 Å². The third-order valence-corrected chi connectivity index (χ3v) is 5.50. The fourth-order valence-corrected chi connectivity index (χ4v) is 4.00. The summed E-state index contributed by atoms with van der Waals surface area (Å²) in [5.41, 5.74) is 0. The highest BCUT2D eigenvalue weighted by Gasteiger charge is 2.12. The van der Waals surface area contributed by atoms with Crippen molar-refractivity contribution in [1.82, 2.24) is 15.0 Å². The van der Waals surface area contributed by atoms with Gasteiger partial charge in [-0.3, -0.25) is 0 Å². The van der Waals surface area contributed by atoms with Gasteiger partial charge in [-0.2, -0.15) is 4.37 Å². The van der Waals surface area contributed by atoms with E-state index in [4.69, 9.17) is 4.74 Å². The van der Waals surface area contributed by atoms with Crippen molar-refractivity contribution in [3.8, 4) is 5.75 Å². The van der Waals surface area contributed by atoms with Crippen molar-refractivity contribution in [2.45, 2.75) is 50.7 Å². The molecule has 2 aromatic rings. The van der Waals surface area contributed by atoms with Gasteiger partial charge < -0.3 is 20.5 Å². The highest BCUT2D eigenvalue weighted by Crippen LogP contribution is 2.27. The summed E-state index contributed by atoms with van der Waals surface area (Å²) in [6, 6.07) is 6.63. The second-order valence-corrected chi connectivity index (χ2v) is 7.64. The number of ether oxygens (including phenoxy) is 1. The zero-order valence-corrected chi connectivity index (χ0v) is 15.6. The molecule has 1 heterocycles. The Hall–Kier alpha value is -1.21. The average molecular weight is 364 g/mol. The summed E-state index contributed by atoms with van der Waals surface area (Å²) in [6.45, 7) is 2.82. The van der Waals surface area contributed by atoms with E-state index < -0.39 is 6.10 Å². The molecule has 3 N–H and O–H groups in total. The van der Waals surface area contributed by atoms with E-state index in [2.05, 4.69) is 15.0 Å². The SMILES string of the molecule is OC(CNCCCNC1CCCCC1)COc1cccc2sncc12. The molecule has 1 fully saturated rings. The monoisotopic (exact) mass is 363 g/mol. The molecule has 0 aliphatic heterocycles. The molecule has 138 valence electrons. The largest absolute Gasteiger partial charge is 0.490 e. The normalized spacial score (nSPS) is 17.0. The number of benzene rings is 1. The van der Waals surface area contributed by atoms with Gasteiger partial charge in [0, 0.05) is 12.6 Å². The molecule has 0 saturated heterocycles. The fourth-order valence-electron chi connectivity index (χ4n) is 3.33. The van der Waals surface area contributed by atoms with Gasteiger partial charge in [-0.1, -0.05) is 25.3 Å². The van der Waals surface area contributed by atoms with Gasteiger partial charge in [0.25, 0.3) is 0 Å². The Morgan fingerprint density at radius 3 is 3.00 bits per heavy atom. The number of fused-ring (bicyclic) bond motifs is 1. The van der Waals surface area contributed by atoms with Crippen LogP contribution >= 0.6 is 11.5 Å². The second kappa shape index (κ2) is 10.1. The van der Waals surface area contributed by atoms with Crippen LogP contribution in [0.25, 0.3) is 10.1 Å². The Kier molecular flexibility index (Phi) is 7.48. The quantitative estimate of drug-likeness (QED) is 0.567. The number of rotatable bonds is 10. The first kappa shape index (κ1) is 18.6. The molecule has 0 amide bonds. The number of hydrogen-bond acceptors (Lipinski definition) is 6. The molecular weight excluding hydrogens is 334 g/mol. The summed E-state index contributed by atoms with van der Waals surface area (Å²) < 4.78 is 11.0. The van der Waals surface area contributed by atoms with E-state index in [0.717, 1.165) is 41.4 Å². The molecule has 0 radical (unpaired) electrons. The number of hydrogen-bond donors (Lipinski definition) is 3. The zero-order chi connectivity index (χ0) is 17.3. The minimum Gasteiger partial charge on any atom is -0.490 e.